The number of hydrogen-bond acceptors (Lipinski definition) is 4. The van der Waals surface area contributed by atoms with E-state index in [2.05, 4.69) is 5.32 Å². The molecule has 0 atom stereocenters. The molecule has 5 heteroatoms. The maximum Gasteiger partial charge on any atom is 0.225 e. The summed E-state index contributed by atoms with van der Waals surface area (Å²) in [6, 6.07) is 6.93. The highest BCUT2D eigenvalue weighted by molar-refractivity contribution is 7.10. The van der Waals surface area contributed by atoms with Gasteiger partial charge in [0, 0.05) is 11.4 Å². The van der Waals surface area contributed by atoms with Crippen LogP contribution in [0.3, 0.4) is 0 Å². The van der Waals surface area contributed by atoms with Crippen molar-refractivity contribution in [3.8, 4) is 11.5 Å². The topological polar surface area (TPSA) is 69.6 Å². The van der Waals surface area contributed by atoms with E-state index in [0.29, 0.717) is 19.4 Å². The Kier molecular flexibility index (Phi) is 4.63. The van der Waals surface area contributed by atoms with E-state index in [-0.39, 0.29) is 17.4 Å². The van der Waals surface area contributed by atoms with Gasteiger partial charge in [-0.25, -0.2) is 0 Å². The lowest BCUT2D eigenvalue weighted by Crippen LogP contribution is -2.27. The molecule has 0 spiro atoms. The molecule has 3 N–H and O–H groups in total. The Labute approximate surface area is 121 Å². The zero-order chi connectivity index (χ0) is 14.5. The van der Waals surface area contributed by atoms with Crippen LogP contribution in [0.4, 0.5) is 0 Å². The summed E-state index contributed by atoms with van der Waals surface area (Å²) >= 11 is 1.57. The molecule has 0 bridgehead atoms. The van der Waals surface area contributed by atoms with E-state index >= 15 is 0 Å². The van der Waals surface area contributed by atoms with Gasteiger partial charge in [0.1, 0.15) is 0 Å². The molecule has 1 aromatic carbocycles. The van der Waals surface area contributed by atoms with Crippen LogP contribution in [0.15, 0.2) is 29.6 Å². The maximum atomic E-state index is 11.7. The second kappa shape index (κ2) is 6.43. The third kappa shape index (κ3) is 3.74. The van der Waals surface area contributed by atoms with Gasteiger partial charge >= 0.3 is 0 Å². The van der Waals surface area contributed by atoms with E-state index in [0.717, 1.165) is 16.0 Å². The first-order chi connectivity index (χ1) is 9.56. The van der Waals surface area contributed by atoms with Gasteiger partial charge in [-0.05, 0) is 48.1 Å². The third-order valence-corrected chi connectivity index (χ3v) is 3.94. The summed E-state index contributed by atoms with van der Waals surface area (Å²) in [6.45, 7) is 2.37. The number of hydrogen-bond donors (Lipinski definition) is 3. The quantitative estimate of drug-likeness (QED) is 0.741. The van der Waals surface area contributed by atoms with Gasteiger partial charge < -0.3 is 15.5 Å². The van der Waals surface area contributed by atoms with E-state index in [1.54, 1.807) is 11.3 Å². The van der Waals surface area contributed by atoms with Crippen LogP contribution >= 0.6 is 11.3 Å². The Morgan fingerprint density at radius 3 is 2.75 bits per heavy atom. The summed E-state index contributed by atoms with van der Waals surface area (Å²) in [5.74, 6) is -0.253. The largest absolute Gasteiger partial charge is 0.504 e. The first-order valence-corrected chi connectivity index (χ1v) is 7.25. The van der Waals surface area contributed by atoms with Crippen molar-refractivity contribution in [2.45, 2.75) is 19.8 Å². The van der Waals surface area contributed by atoms with Gasteiger partial charge in [0.05, 0.1) is 6.42 Å². The van der Waals surface area contributed by atoms with E-state index < -0.39 is 0 Å². The molecule has 0 unspecified atom stereocenters. The molecule has 0 radical (unpaired) electrons. The number of rotatable bonds is 5. The minimum atomic E-state index is -0.129. The lowest BCUT2D eigenvalue weighted by atomic mass is 10.0. The molecule has 0 aliphatic rings. The molecular weight excluding hydrogens is 274 g/mol. The first-order valence-electron chi connectivity index (χ1n) is 6.37. The SMILES string of the molecule is Cc1cc(O)c(O)cc1CCNC(=O)Cc1cccs1. The van der Waals surface area contributed by atoms with Gasteiger partial charge in [-0.3, -0.25) is 4.79 Å². The molecule has 1 aromatic heterocycles. The second-order valence-electron chi connectivity index (χ2n) is 4.62. The molecule has 2 rings (SSSR count). The average molecular weight is 291 g/mol. The van der Waals surface area contributed by atoms with Crippen LogP contribution in [0.5, 0.6) is 11.5 Å². The van der Waals surface area contributed by atoms with Gasteiger partial charge in [-0.1, -0.05) is 6.07 Å². The molecule has 20 heavy (non-hydrogen) atoms. The van der Waals surface area contributed by atoms with E-state index in [1.165, 1.54) is 12.1 Å². The number of benzene rings is 1. The second-order valence-corrected chi connectivity index (χ2v) is 5.66. The van der Waals surface area contributed by atoms with Gasteiger partial charge in [0.25, 0.3) is 0 Å². The molecule has 4 nitrogen and oxygen atoms in total. The van der Waals surface area contributed by atoms with Crippen molar-refractivity contribution in [3.63, 3.8) is 0 Å². The molecule has 0 saturated carbocycles. The molecule has 0 aliphatic heterocycles. The summed E-state index contributed by atoms with van der Waals surface area (Å²) in [5, 5.41) is 23.6. The maximum absolute atomic E-state index is 11.7. The van der Waals surface area contributed by atoms with Crippen molar-refractivity contribution in [3.05, 3.63) is 45.6 Å². The molecule has 1 heterocycles. The normalized spacial score (nSPS) is 10.4. The van der Waals surface area contributed by atoms with Gasteiger partial charge in [0.15, 0.2) is 11.5 Å². The van der Waals surface area contributed by atoms with Crippen LogP contribution in [0.25, 0.3) is 0 Å². The fraction of sp³-hybridized carbons (Fsp3) is 0.267. The summed E-state index contributed by atoms with van der Waals surface area (Å²) in [5.41, 5.74) is 1.81. The van der Waals surface area contributed by atoms with Crippen molar-refractivity contribution in [2.75, 3.05) is 6.54 Å². The monoisotopic (exact) mass is 291 g/mol. The van der Waals surface area contributed by atoms with E-state index in [4.69, 9.17) is 0 Å². The molecule has 0 aliphatic carbocycles. The lowest BCUT2D eigenvalue weighted by Gasteiger charge is -2.09. The molecule has 106 valence electrons. The van der Waals surface area contributed by atoms with Crippen molar-refractivity contribution in [1.82, 2.24) is 5.32 Å². The predicted octanol–water partition coefficient (Wildman–Crippen LogP) is 2.37. The number of phenols is 2. The number of aromatic hydroxyl groups is 2. The minimum absolute atomic E-state index is 0.00639. The smallest absolute Gasteiger partial charge is 0.225 e. The Balaban J connectivity index is 1.84. The summed E-state index contributed by atoms with van der Waals surface area (Å²) in [6.07, 6.45) is 1.02. The number of carbonyl (C=O) groups excluding carboxylic acids is 1. The highest BCUT2D eigenvalue weighted by Gasteiger charge is 2.07. The first kappa shape index (κ1) is 14.4. The van der Waals surface area contributed by atoms with Crippen LogP contribution in [-0.4, -0.2) is 22.7 Å². The molecule has 1 amide bonds. The molecule has 0 saturated heterocycles. The highest BCUT2D eigenvalue weighted by atomic mass is 32.1. The standard InChI is InChI=1S/C15H17NO3S/c1-10-7-13(17)14(18)8-11(10)4-5-16-15(19)9-12-3-2-6-20-12/h2-3,6-8,17-18H,4-5,9H2,1H3,(H,16,19). The van der Waals surface area contributed by atoms with Crippen molar-refractivity contribution < 1.29 is 15.0 Å². The van der Waals surface area contributed by atoms with Gasteiger partial charge in [0.2, 0.25) is 5.91 Å². The van der Waals surface area contributed by atoms with Gasteiger partial charge in [-0.15, -0.1) is 11.3 Å². The number of aryl methyl sites for hydroxylation is 1. The van der Waals surface area contributed by atoms with E-state index in [1.807, 2.05) is 24.4 Å². The van der Waals surface area contributed by atoms with Crippen molar-refractivity contribution >= 4 is 17.2 Å². The van der Waals surface area contributed by atoms with Crippen molar-refractivity contribution in [1.29, 1.82) is 0 Å². The number of thiophene rings is 1. The zero-order valence-electron chi connectivity index (χ0n) is 11.2. The number of carbonyl (C=O) groups is 1. The van der Waals surface area contributed by atoms with E-state index in [9.17, 15) is 15.0 Å². The fourth-order valence-corrected chi connectivity index (χ4v) is 2.67. The predicted molar refractivity (Wildman–Crippen MR) is 79.2 cm³/mol. The number of phenolic OH excluding ortho intramolecular Hbond substituents is 2. The minimum Gasteiger partial charge on any atom is -0.504 e. The van der Waals surface area contributed by atoms with Crippen LogP contribution < -0.4 is 5.32 Å². The molecule has 0 fully saturated rings. The van der Waals surface area contributed by atoms with Crippen LogP contribution in [0.1, 0.15) is 16.0 Å². The molecular formula is C15H17NO3S. The Hall–Kier alpha value is -2.01. The Morgan fingerprint density at radius 1 is 1.30 bits per heavy atom. The van der Waals surface area contributed by atoms with Crippen molar-refractivity contribution in [2.24, 2.45) is 0 Å². The lowest BCUT2D eigenvalue weighted by molar-refractivity contribution is -0.120. The highest BCUT2D eigenvalue weighted by Crippen LogP contribution is 2.27. The van der Waals surface area contributed by atoms with Crippen LogP contribution in [0.2, 0.25) is 0 Å². The number of amides is 1. The summed E-state index contributed by atoms with van der Waals surface area (Å²) < 4.78 is 0. The Morgan fingerprint density at radius 2 is 2.05 bits per heavy atom. The van der Waals surface area contributed by atoms with Crippen LogP contribution in [-0.2, 0) is 17.6 Å². The zero-order valence-corrected chi connectivity index (χ0v) is 12.0. The molecule has 2 aromatic rings. The van der Waals surface area contributed by atoms with Crippen LogP contribution in [0, 0.1) is 6.92 Å². The average Bonchev–Trinajstić information content (AvgIpc) is 2.88. The third-order valence-electron chi connectivity index (χ3n) is 3.06. The number of nitrogens with one attached hydrogen (secondary N) is 1. The Bertz CT molecular complexity index is 593. The summed E-state index contributed by atoms with van der Waals surface area (Å²) in [4.78, 5) is 12.8. The fourth-order valence-electron chi connectivity index (χ4n) is 1.96. The summed E-state index contributed by atoms with van der Waals surface area (Å²) in [7, 11) is 0. The van der Waals surface area contributed by atoms with Gasteiger partial charge in [-0.2, -0.15) is 0 Å².